The molecule has 1 rings (SSSR count). The highest BCUT2D eigenvalue weighted by Crippen LogP contribution is 2.27. The molecular formula is C12H18S2. The van der Waals surface area contributed by atoms with Gasteiger partial charge in [0.2, 0.25) is 0 Å². The highest BCUT2D eigenvalue weighted by atomic mass is 32.2. The normalized spacial score (nSPS) is 8.86. The highest BCUT2D eigenvalue weighted by Gasteiger charge is 1.95. The lowest BCUT2D eigenvalue weighted by Crippen LogP contribution is -1.76. The quantitative estimate of drug-likeness (QED) is 0.676. The lowest BCUT2D eigenvalue weighted by Gasteiger charge is -2.02. The SMILES string of the molecule is C=C(C)Sc1ccccc1C.CSC. The molecule has 2 heteroatoms. The molecule has 0 unspecified atom stereocenters. The van der Waals surface area contributed by atoms with E-state index in [-0.39, 0.29) is 0 Å². The van der Waals surface area contributed by atoms with E-state index >= 15 is 0 Å². The molecule has 0 amide bonds. The summed E-state index contributed by atoms with van der Waals surface area (Å²) in [6.45, 7) is 8.00. The maximum Gasteiger partial charge on any atom is 0.0147 e. The zero-order valence-electron chi connectivity index (χ0n) is 9.33. The molecule has 0 saturated heterocycles. The predicted molar refractivity (Wildman–Crippen MR) is 71.3 cm³/mol. The minimum absolute atomic E-state index is 1.14. The summed E-state index contributed by atoms with van der Waals surface area (Å²) >= 11 is 3.48. The summed E-state index contributed by atoms with van der Waals surface area (Å²) in [4.78, 5) is 2.44. The van der Waals surface area contributed by atoms with Gasteiger partial charge in [0.05, 0.1) is 0 Å². The lowest BCUT2D eigenvalue weighted by atomic mass is 10.2. The third-order valence-electron chi connectivity index (χ3n) is 1.38. The minimum Gasteiger partial charge on any atom is -0.169 e. The van der Waals surface area contributed by atoms with Crippen LogP contribution in [0.5, 0.6) is 0 Å². The maximum absolute atomic E-state index is 3.85. The van der Waals surface area contributed by atoms with E-state index in [0.29, 0.717) is 0 Å². The average Bonchev–Trinajstić information content (AvgIpc) is 2.09. The van der Waals surface area contributed by atoms with E-state index in [1.807, 2.05) is 19.4 Å². The Hall–Kier alpha value is -0.340. The number of hydrogen-bond acceptors (Lipinski definition) is 2. The van der Waals surface area contributed by atoms with E-state index in [2.05, 4.69) is 37.8 Å². The van der Waals surface area contributed by atoms with Crippen LogP contribution in [0.3, 0.4) is 0 Å². The van der Waals surface area contributed by atoms with Crippen molar-refractivity contribution in [1.29, 1.82) is 0 Å². The molecule has 0 saturated carbocycles. The fraction of sp³-hybridized carbons (Fsp3) is 0.333. The number of rotatable bonds is 2. The van der Waals surface area contributed by atoms with Gasteiger partial charge in [-0.25, -0.2) is 0 Å². The van der Waals surface area contributed by atoms with Crippen LogP contribution in [0.4, 0.5) is 0 Å². The first-order chi connectivity index (χ1) is 6.61. The molecule has 0 aliphatic heterocycles. The second kappa shape index (κ2) is 8.01. The largest absolute Gasteiger partial charge is 0.169 e. The molecule has 0 radical (unpaired) electrons. The topological polar surface area (TPSA) is 0 Å². The van der Waals surface area contributed by atoms with E-state index in [9.17, 15) is 0 Å². The van der Waals surface area contributed by atoms with Crippen molar-refractivity contribution in [1.82, 2.24) is 0 Å². The van der Waals surface area contributed by atoms with Gasteiger partial charge in [0.15, 0.2) is 0 Å². The van der Waals surface area contributed by atoms with E-state index in [4.69, 9.17) is 0 Å². The van der Waals surface area contributed by atoms with Crippen molar-refractivity contribution in [2.45, 2.75) is 18.7 Å². The van der Waals surface area contributed by atoms with Crippen LogP contribution in [-0.2, 0) is 0 Å². The fourth-order valence-corrected chi connectivity index (χ4v) is 1.61. The average molecular weight is 226 g/mol. The zero-order valence-corrected chi connectivity index (χ0v) is 11.0. The van der Waals surface area contributed by atoms with Gasteiger partial charge in [-0.1, -0.05) is 36.5 Å². The third kappa shape index (κ3) is 6.17. The number of allylic oxidation sites excluding steroid dienone is 1. The van der Waals surface area contributed by atoms with Crippen LogP contribution in [-0.4, -0.2) is 12.5 Å². The first-order valence-corrected chi connectivity index (χ1v) is 6.86. The number of hydrogen-bond donors (Lipinski definition) is 0. The van der Waals surface area contributed by atoms with Crippen LogP contribution in [0.1, 0.15) is 12.5 Å². The highest BCUT2D eigenvalue weighted by molar-refractivity contribution is 8.03. The van der Waals surface area contributed by atoms with Crippen molar-refractivity contribution in [2.75, 3.05) is 12.5 Å². The van der Waals surface area contributed by atoms with E-state index < -0.39 is 0 Å². The summed E-state index contributed by atoms with van der Waals surface area (Å²) in [5.41, 5.74) is 1.32. The number of thioether (sulfide) groups is 2. The molecule has 0 fully saturated rings. The van der Waals surface area contributed by atoms with Crippen LogP contribution in [0, 0.1) is 6.92 Å². The molecule has 78 valence electrons. The Balaban J connectivity index is 0.000000500. The zero-order chi connectivity index (χ0) is 11.0. The first-order valence-electron chi connectivity index (χ1n) is 4.41. The number of aryl methyl sites for hydroxylation is 1. The van der Waals surface area contributed by atoms with Gasteiger partial charge in [0.25, 0.3) is 0 Å². The van der Waals surface area contributed by atoms with E-state index in [1.54, 1.807) is 23.5 Å². The lowest BCUT2D eigenvalue weighted by molar-refractivity contribution is 1.31. The van der Waals surface area contributed by atoms with Crippen LogP contribution < -0.4 is 0 Å². The van der Waals surface area contributed by atoms with Crippen LogP contribution in [0.15, 0.2) is 40.6 Å². The first kappa shape index (κ1) is 13.7. The molecule has 1 aromatic rings. The van der Waals surface area contributed by atoms with Gasteiger partial charge in [-0.05, 0) is 42.9 Å². The van der Waals surface area contributed by atoms with Crippen molar-refractivity contribution in [2.24, 2.45) is 0 Å². The molecule has 0 N–H and O–H groups in total. The van der Waals surface area contributed by atoms with Crippen molar-refractivity contribution in [3.05, 3.63) is 41.3 Å². The van der Waals surface area contributed by atoms with Crippen molar-refractivity contribution >= 4 is 23.5 Å². The Morgan fingerprint density at radius 3 is 2.14 bits per heavy atom. The molecule has 0 aromatic heterocycles. The summed E-state index contributed by atoms with van der Waals surface area (Å²) in [5.74, 6) is 0. The second-order valence-electron chi connectivity index (χ2n) is 2.98. The third-order valence-corrected chi connectivity index (χ3v) is 2.40. The van der Waals surface area contributed by atoms with Gasteiger partial charge >= 0.3 is 0 Å². The summed E-state index contributed by atoms with van der Waals surface area (Å²) in [6.07, 6.45) is 4.08. The maximum atomic E-state index is 3.85. The molecule has 0 aliphatic carbocycles. The van der Waals surface area contributed by atoms with Crippen molar-refractivity contribution in [3.8, 4) is 0 Å². The van der Waals surface area contributed by atoms with Crippen LogP contribution in [0.2, 0.25) is 0 Å². The van der Waals surface area contributed by atoms with Gasteiger partial charge in [-0.15, -0.1) is 0 Å². The van der Waals surface area contributed by atoms with E-state index in [0.717, 1.165) is 4.91 Å². The van der Waals surface area contributed by atoms with Gasteiger partial charge < -0.3 is 0 Å². The molecule has 14 heavy (non-hydrogen) atoms. The van der Waals surface area contributed by atoms with Gasteiger partial charge in [-0.2, -0.15) is 11.8 Å². The minimum atomic E-state index is 1.14. The molecule has 1 aromatic carbocycles. The molecule has 0 nitrogen and oxygen atoms in total. The summed E-state index contributed by atoms with van der Waals surface area (Å²) in [6, 6.07) is 8.34. The molecular weight excluding hydrogens is 208 g/mol. The standard InChI is InChI=1S/C10H12S.C2H6S/c1-8(2)11-10-7-5-4-6-9(10)3;1-3-2/h4-7H,1H2,2-3H3;1-2H3. The predicted octanol–water partition coefficient (Wildman–Crippen LogP) is 4.60. The Kier molecular flexibility index (Phi) is 7.81. The van der Waals surface area contributed by atoms with Gasteiger partial charge in [0, 0.05) is 4.90 Å². The monoisotopic (exact) mass is 226 g/mol. The van der Waals surface area contributed by atoms with Crippen molar-refractivity contribution in [3.63, 3.8) is 0 Å². The Labute approximate surface area is 96.2 Å². The molecule has 0 aliphatic rings. The van der Waals surface area contributed by atoms with Gasteiger partial charge in [-0.3, -0.25) is 0 Å². The van der Waals surface area contributed by atoms with Crippen LogP contribution >= 0.6 is 23.5 Å². The Bertz CT molecular complexity index is 279. The smallest absolute Gasteiger partial charge is 0.0147 e. The number of benzene rings is 1. The molecule has 0 bridgehead atoms. The second-order valence-corrected chi connectivity index (χ2v) is 5.14. The molecule has 0 spiro atoms. The molecule has 0 atom stereocenters. The van der Waals surface area contributed by atoms with E-state index in [1.165, 1.54) is 10.5 Å². The van der Waals surface area contributed by atoms with Crippen molar-refractivity contribution < 1.29 is 0 Å². The fourth-order valence-electron chi connectivity index (χ4n) is 0.859. The Morgan fingerprint density at radius 2 is 1.71 bits per heavy atom. The summed E-state index contributed by atoms with van der Waals surface area (Å²) < 4.78 is 0. The summed E-state index contributed by atoms with van der Waals surface area (Å²) in [7, 11) is 0. The Morgan fingerprint density at radius 1 is 1.21 bits per heavy atom. The van der Waals surface area contributed by atoms with Crippen LogP contribution in [0.25, 0.3) is 0 Å². The summed E-state index contributed by atoms with van der Waals surface area (Å²) in [5, 5.41) is 0. The molecule has 0 heterocycles. The van der Waals surface area contributed by atoms with Gasteiger partial charge in [0.1, 0.15) is 0 Å².